The fourth-order valence-electron chi connectivity index (χ4n) is 2.46. The van der Waals surface area contributed by atoms with Gasteiger partial charge >= 0.3 is 0 Å². The number of anilines is 1. The number of amides is 1. The summed E-state index contributed by atoms with van der Waals surface area (Å²) in [6, 6.07) is 23.1. The van der Waals surface area contributed by atoms with E-state index in [1.807, 2.05) is 72.8 Å². The van der Waals surface area contributed by atoms with Crippen molar-refractivity contribution < 1.29 is 4.79 Å². The third kappa shape index (κ3) is 3.32. The van der Waals surface area contributed by atoms with Crippen molar-refractivity contribution >= 4 is 22.4 Å². The molecule has 1 unspecified atom stereocenters. The molecule has 0 fully saturated rings. The highest BCUT2D eigenvalue weighted by Crippen LogP contribution is 2.19. The lowest BCUT2D eigenvalue weighted by Crippen LogP contribution is -2.37. The summed E-state index contributed by atoms with van der Waals surface area (Å²) in [5.41, 5.74) is 7.83. The minimum atomic E-state index is -0.561. The van der Waals surface area contributed by atoms with Crippen molar-refractivity contribution in [3.63, 3.8) is 0 Å². The number of fused-ring (bicyclic) bond motifs is 1. The summed E-state index contributed by atoms with van der Waals surface area (Å²) < 4.78 is 0. The smallest absolute Gasteiger partial charge is 0.241 e. The second-order valence-electron chi connectivity index (χ2n) is 5.35. The van der Waals surface area contributed by atoms with Gasteiger partial charge in [0.1, 0.15) is 0 Å². The zero-order chi connectivity index (χ0) is 15.4. The van der Waals surface area contributed by atoms with Gasteiger partial charge in [0, 0.05) is 5.69 Å². The van der Waals surface area contributed by atoms with Crippen molar-refractivity contribution in [1.82, 2.24) is 0 Å². The van der Waals surface area contributed by atoms with Gasteiger partial charge in [-0.15, -0.1) is 0 Å². The third-order valence-electron chi connectivity index (χ3n) is 3.65. The number of rotatable bonds is 4. The monoisotopic (exact) mass is 290 g/mol. The van der Waals surface area contributed by atoms with Crippen LogP contribution in [0.2, 0.25) is 0 Å². The molecule has 0 heterocycles. The predicted octanol–water partition coefficient (Wildman–Crippen LogP) is 3.35. The van der Waals surface area contributed by atoms with Crippen molar-refractivity contribution in [2.75, 3.05) is 5.32 Å². The van der Waals surface area contributed by atoms with Crippen molar-refractivity contribution in [3.05, 3.63) is 78.4 Å². The lowest BCUT2D eigenvalue weighted by Gasteiger charge is -2.13. The summed E-state index contributed by atoms with van der Waals surface area (Å²) in [5.74, 6) is -0.167. The number of benzene rings is 3. The molecule has 0 aliphatic heterocycles. The van der Waals surface area contributed by atoms with Crippen molar-refractivity contribution in [3.8, 4) is 0 Å². The Morgan fingerprint density at radius 3 is 2.36 bits per heavy atom. The van der Waals surface area contributed by atoms with E-state index in [-0.39, 0.29) is 5.91 Å². The zero-order valence-corrected chi connectivity index (χ0v) is 12.2. The first-order valence-corrected chi connectivity index (χ1v) is 7.31. The Labute approximate surface area is 129 Å². The fourth-order valence-corrected chi connectivity index (χ4v) is 2.46. The Kier molecular flexibility index (Phi) is 4.17. The highest BCUT2D eigenvalue weighted by atomic mass is 16.2. The second-order valence-corrected chi connectivity index (χ2v) is 5.35. The number of hydrogen-bond donors (Lipinski definition) is 2. The van der Waals surface area contributed by atoms with Gasteiger partial charge in [-0.1, -0.05) is 60.7 Å². The molecule has 1 amide bonds. The molecule has 0 aliphatic rings. The SMILES string of the molecule is NC(Cc1ccccc1)C(=O)Nc1ccc2ccccc2c1. The van der Waals surface area contributed by atoms with Crippen molar-refractivity contribution in [2.45, 2.75) is 12.5 Å². The van der Waals surface area contributed by atoms with Crippen molar-refractivity contribution in [1.29, 1.82) is 0 Å². The standard InChI is InChI=1S/C19H18N2O/c20-18(12-14-6-2-1-3-7-14)19(22)21-17-11-10-15-8-4-5-9-16(15)13-17/h1-11,13,18H,12,20H2,(H,21,22). The molecule has 0 saturated carbocycles. The van der Waals surface area contributed by atoms with Crippen LogP contribution < -0.4 is 11.1 Å². The van der Waals surface area contributed by atoms with Crippen LogP contribution >= 0.6 is 0 Å². The molecule has 0 saturated heterocycles. The average Bonchev–Trinajstić information content (AvgIpc) is 2.55. The normalized spacial score (nSPS) is 12.0. The maximum atomic E-state index is 12.2. The maximum absolute atomic E-state index is 12.2. The van der Waals surface area contributed by atoms with E-state index < -0.39 is 6.04 Å². The van der Waals surface area contributed by atoms with Crippen LogP contribution in [-0.4, -0.2) is 11.9 Å². The van der Waals surface area contributed by atoms with E-state index in [9.17, 15) is 4.79 Å². The van der Waals surface area contributed by atoms with Gasteiger partial charge in [-0.2, -0.15) is 0 Å². The number of nitrogens with two attached hydrogens (primary N) is 1. The molecule has 3 aromatic carbocycles. The Bertz CT molecular complexity index is 784. The number of carbonyl (C=O) groups is 1. The number of nitrogens with one attached hydrogen (secondary N) is 1. The van der Waals surface area contributed by atoms with E-state index in [4.69, 9.17) is 5.73 Å². The number of carbonyl (C=O) groups excluding carboxylic acids is 1. The fraction of sp³-hybridized carbons (Fsp3) is 0.105. The van der Waals surface area contributed by atoms with E-state index in [0.717, 1.165) is 22.0 Å². The molecule has 3 nitrogen and oxygen atoms in total. The first-order chi connectivity index (χ1) is 10.7. The van der Waals surface area contributed by atoms with Crippen LogP contribution in [0.15, 0.2) is 72.8 Å². The van der Waals surface area contributed by atoms with E-state index in [0.29, 0.717) is 6.42 Å². The third-order valence-corrected chi connectivity index (χ3v) is 3.65. The van der Waals surface area contributed by atoms with Crippen LogP contribution in [0, 0.1) is 0 Å². The minimum absolute atomic E-state index is 0.167. The first-order valence-electron chi connectivity index (χ1n) is 7.31. The Morgan fingerprint density at radius 1 is 0.909 bits per heavy atom. The van der Waals surface area contributed by atoms with E-state index in [1.54, 1.807) is 0 Å². The summed E-state index contributed by atoms with van der Waals surface area (Å²) in [6.45, 7) is 0. The Morgan fingerprint density at radius 2 is 1.59 bits per heavy atom. The number of hydrogen-bond acceptors (Lipinski definition) is 2. The molecule has 0 bridgehead atoms. The quantitative estimate of drug-likeness (QED) is 0.774. The molecular weight excluding hydrogens is 272 g/mol. The van der Waals surface area contributed by atoms with Gasteiger partial charge < -0.3 is 11.1 Å². The van der Waals surface area contributed by atoms with Gasteiger partial charge in [0.05, 0.1) is 6.04 Å². The summed E-state index contributed by atoms with van der Waals surface area (Å²) in [6.07, 6.45) is 0.528. The summed E-state index contributed by atoms with van der Waals surface area (Å²) in [7, 11) is 0. The zero-order valence-electron chi connectivity index (χ0n) is 12.2. The van der Waals surface area contributed by atoms with Crippen LogP contribution in [0.3, 0.4) is 0 Å². The summed E-state index contributed by atoms with van der Waals surface area (Å²) in [4.78, 5) is 12.2. The van der Waals surface area contributed by atoms with Crippen LogP contribution in [-0.2, 0) is 11.2 Å². The lowest BCUT2D eigenvalue weighted by molar-refractivity contribution is -0.117. The van der Waals surface area contributed by atoms with E-state index in [1.165, 1.54) is 0 Å². The van der Waals surface area contributed by atoms with Crippen LogP contribution in [0.4, 0.5) is 5.69 Å². The molecule has 22 heavy (non-hydrogen) atoms. The predicted molar refractivity (Wildman–Crippen MR) is 90.7 cm³/mol. The Hall–Kier alpha value is -2.65. The first kappa shape index (κ1) is 14.3. The average molecular weight is 290 g/mol. The summed E-state index contributed by atoms with van der Waals surface area (Å²) >= 11 is 0. The van der Waals surface area contributed by atoms with Gasteiger partial charge in [0.2, 0.25) is 5.91 Å². The molecule has 1 atom stereocenters. The van der Waals surface area contributed by atoms with Crippen LogP contribution in [0.1, 0.15) is 5.56 Å². The van der Waals surface area contributed by atoms with Crippen molar-refractivity contribution in [2.24, 2.45) is 5.73 Å². The maximum Gasteiger partial charge on any atom is 0.241 e. The molecule has 3 rings (SSSR count). The van der Waals surface area contributed by atoms with Gasteiger partial charge in [-0.25, -0.2) is 0 Å². The van der Waals surface area contributed by atoms with E-state index >= 15 is 0 Å². The topological polar surface area (TPSA) is 55.1 Å². The van der Waals surface area contributed by atoms with Gasteiger partial charge in [-0.3, -0.25) is 4.79 Å². The molecule has 3 heteroatoms. The second kappa shape index (κ2) is 6.41. The highest BCUT2D eigenvalue weighted by molar-refractivity contribution is 5.97. The van der Waals surface area contributed by atoms with Gasteiger partial charge in [0.15, 0.2) is 0 Å². The molecule has 0 aromatic heterocycles. The molecule has 0 radical (unpaired) electrons. The lowest BCUT2D eigenvalue weighted by atomic mass is 10.1. The molecular formula is C19H18N2O. The van der Waals surface area contributed by atoms with Gasteiger partial charge in [0.25, 0.3) is 0 Å². The molecule has 0 spiro atoms. The molecule has 3 N–H and O–H groups in total. The summed E-state index contributed by atoms with van der Waals surface area (Å²) in [5, 5.41) is 5.13. The molecule has 0 aliphatic carbocycles. The van der Waals surface area contributed by atoms with E-state index in [2.05, 4.69) is 5.32 Å². The highest BCUT2D eigenvalue weighted by Gasteiger charge is 2.14. The van der Waals surface area contributed by atoms with Gasteiger partial charge in [-0.05, 0) is 34.9 Å². The largest absolute Gasteiger partial charge is 0.325 e. The Balaban J connectivity index is 1.69. The molecule has 110 valence electrons. The van der Waals surface area contributed by atoms with Crippen LogP contribution in [0.25, 0.3) is 10.8 Å². The minimum Gasteiger partial charge on any atom is -0.325 e. The van der Waals surface area contributed by atoms with Crippen LogP contribution in [0.5, 0.6) is 0 Å². The molecule has 3 aromatic rings.